The first-order valence-electron chi connectivity index (χ1n) is 11.1. The molecule has 4 aromatic rings. The van der Waals surface area contributed by atoms with Crippen molar-refractivity contribution < 1.29 is 0 Å². The molecule has 4 rings (SSSR count). The van der Waals surface area contributed by atoms with Crippen LogP contribution in [0.3, 0.4) is 0 Å². The lowest BCUT2D eigenvalue weighted by Crippen LogP contribution is -2.00. The highest BCUT2D eigenvalue weighted by atomic mass is 32.2. The number of aryl methyl sites for hydroxylation is 3. The van der Waals surface area contributed by atoms with Gasteiger partial charge in [-0.2, -0.15) is 15.0 Å². The van der Waals surface area contributed by atoms with E-state index in [2.05, 4.69) is 91.0 Å². The highest BCUT2D eigenvalue weighted by Crippen LogP contribution is 2.24. The van der Waals surface area contributed by atoms with Gasteiger partial charge in [0, 0.05) is 17.3 Å². The fourth-order valence-corrected chi connectivity index (χ4v) is 5.87. The summed E-state index contributed by atoms with van der Waals surface area (Å²) in [5.74, 6) is 2.86. The number of hydrogen-bond acceptors (Lipinski definition) is 6. The van der Waals surface area contributed by atoms with Gasteiger partial charge in [0.25, 0.3) is 0 Å². The van der Waals surface area contributed by atoms with Crippen LogP contribution in [0.5, 0.6) is 0 Å². The van der Waals surface area contributed by atoms with Crippen LogP contribution < -0.4 is 0 Å². The second-order valence-electron chi connectivity index (χ2n) is 7.44. The largest absolute Gasteiger partial charge is 0.196 e. The van der Waals surface area contributed by atoms with Crippen LogP contribution >= 0.6 is 35.3 Å². The van der Waals surface area contributed by atoms with Gasteiger partial charge in [-0.15, -0.1) is 0 Å². The first-order chi connectivity index (χ1) is 16.3. The molecule has 3 aromatic carbocycles. The highest BCUT2D eigenvalue weighted by molar-refractivity contribution is 8.00. The van der Waals surface area contributed by atoms with E-state index in [4.69, 9.17) is 15.0 Å². The number of benzene rings is 3. The van der Waals surface area contributed by atoms with Crippen molar-refractivity contribution in [2.45, 2.75) is 34.7 Å². The summed E-state index contributed by atoms with van der Waals surface area (Å²) < 4.78 is 0. The first kappa shape index (κ1) is 23.9. The molecule has 0 spiro atoms. The lowest BCUT2D eigenvalue weighted by Gasteiger charge is -2.07. The van der Waals surface area contributed by atoms with Gasteiger partial charge in [-0.05, 0) is 36.0 Å². The summed E-state index contributed by atoms with van der Waals surface area (Å²) in [6.07, 6.45) is 3.01. The molecule has 0 amide bonds. The van der Waals surface area contributed by atoms with Crippen LogP contribution in [0.15, 0.2) is 106 Å². The summed E-state index contributed by atoms with van der Waals surface area (Å²) in [4.78, 5) is 14.3. The number of nitrogens with zero attached hydrogens (tertiary/aromatic N) is 3. The summed E-state index contributed by atoms with van der Waals surface area (Å²) in [6.45, 7) is 0. The second-order valence-corrected chi connectivity index (χ2v) is 10.6. The minimum absolute atomic E-state index is 0.824. The maximum Gasteiger partial charge on any atom is 0.192 e. The third-order valence-corrected chi connectivity index (χ3v) is 7.52. The van der Waals surface area contributed by atoms with Crippen molar-refractivity contribution in [3.8, 4) is 0 Å². The van der Waals surface area contributed by atoms with E-state index < -0.39 is 0 Å². The maximum atomic E-state index is 4.75. The van der Waals surface area contributed by atoms with Crippen molar-refractivity contribution in [2.24, 2.45) is 0 Å². The van der Waals surface area contributed by atoms with Crippen molar-refractivity contribution >= 4 is 35.3 Å². The van der Waals surface area contributed by atoms with Crippen molar-refractivity contribution in [1.29, 1.82) is 0 Å². The monoisotopic (exact) mass is 489 g/mol. The predicted octanol–water partition coefficient (Wildman–Crippen LogP) is 6.88. The molecule has 0 saturated heterocycles. The van der Waals surface area contributed by atoms with Gasteiger partial charge in [-0.1, -0.05) is 126 Å². The van der Waals surface area contributed by atoms with E-state index in [1.165, 1.54) is 16.7 Å². The smallest absolute Gasteiger partial charge is 0.192 e. The molecule has 0 radical (unpaired) electrons. The van der Waals surface area contributed by atoms with Crippen LogP contribution in [0.1, 0.15) is 16.7 Å². The lowest BCUT2D eigenvalue weighted by molar-refractivity contribution is 0.716. The molecule has 0 aliphatic carbocycles. The van der Waals surface area contributed by atoms with Crippen LogP contribution in [0.4, 0.5) is 0 Å². The Morgan fingerprint density at radius 1 is 0.394 bits per heavy atom. The molecule has 0 aliphatic heterocycles. The Bertz CT molecular complexity index is 939. The zero-order chi connectivity index (χ0) is 22.6. The Hall–Kier alpha value is -2.28. The molecule has 6 heteroatoms. The molecule has 0 fully saturated rings. The van der Waals surface area contributed by atoms with Gasteiger partial charge in [-0.25, -0.2) is 0 Å². The topological polar surface area (TPSA) is 38.7 Å². The molecule has 33 heavy (non-hydrogen) atoms. The summed E-state index contributed by atoms with van der Waals surface area (Å²) in [5, 5.41) is 2.47. The molecule has 0 unspecified atom stereocenters. The molecule has 1 aromatic heterocycles. The summed E-state index contributed by atoms with van der Waals surface area (Å²) in [5.41, 5.74) is 4.02. The quantitative estimate of drug-likeness (QED) is 0.202. The molecule has 168 valence electrons. The van der Waals surface area contributed by atoms with Crippen molar-refractivity contribution in [1.82, 2.24) is 15.0 Å². The standard InChI is InChI=1S/C27H27N3S3/c1-4-10-22(11-5-1)16-19-31-25-28-26(32-20-17-23-12-6-2-7-13-23)30-27(29-25)33-21-18-24-14-8-3-9-15-24/h1-15H,16-21H2. The normalized spacial score (nSPS) is 10.9. The van der Waals surface area contributed by atoms with Gasteiger partial charge in [0.15, 0.2) is 15.5 Å². The van der Waals surface area contributed by atoms with E-state index in [1.54, 1.807) is 35.3 Å². The number of aromatic nitrogens is 3. The third-order valence-electron chi connectivity index (χ3n) is 4.97. The minimum atomic E-state index is 0.824. The Morgan fingerprint density at radius 2 is 0.667 bits per heavy atom. The molecular formula is C27H27N3S3. The Morgan fingerprint density at radius 3 is 0.939 bits per heavy atom. The van der Waals surface area contributed by atoms with Crippen LogP contribution in [0.2, 0.25) is 0 Å². The van der Waals surface area contributed by atoms with E-state index in [-0.39, 0.29) is 0 Å². The molecule has 1 heterocycles. The van der Waals surface area contributed by atoms with Gasteiger partial charge in [0.1, 0.15) is 0 Å². The average Bonchev–Trinajstić information content (AvgIpc) is 2.86. The van der Waals surface area contributed by atoms with E-state index in [0.717, 1.165) is 52.0 Å². The fourth-order valence-electron chi connectivity index (χ4n) is 3.23. The molecule has 0 bridgehead atoms. The summed E-state index contributed by atoms with van der Waals surface area (Å²) >= 11 is 5.14. The van der Waals surface area contributed by atoms with Crippen molar-refractivity contribution in [2.75, 3.05) is 17.3 Å². The van der Waals surface area contributed by atoms with Crippen molar-refractivity contribution in [3.63, 3.8) is 0 Å². The van der Waals surface area contributed by atoms with E-state index >= 15 is 0 Å². The highest BCUT2D eigenvalue weighted by Gasteiger charge is 2.09. The molecule has 0 saturated carbocycles. The number of thioether (sulfide) groups is 3. The summed E-state index contributed by atoms with van der Waals surface area (Å²) in [6, 6.07) is 31.7. The molecular weight excluding hydrogens is 463 g/mol. The van der Waals surface area contributed by atoms with Gasteiger partial charge >= 0.3 is 0 Å². The lowest BCUT2D eigenvalue weighted by atomic mass is 10.2. The number of hydrogen-bond donors (Lipinski definition) is 0. The van der Waals surface area contributed by atoms with E-state index in [9.17, 15) is 0 Å². The molecule has 3 nitrogen and oxygen atoms in total. The predicted molar refractivity (Wildman–Crippen MR) is 142 cm³/mol. The van der Waals surface area contributed by atoms with Crippen LogP contribution in [-0.4, -0.2) is 32.2 Å². The Balaban J connectivity index is 1.37. The van der Waals surface area contributed by atoms with Gasteiger partial charge in [0.2, 0.25) is 0 Å². The zero-order valence-corrected chi connectivity index (χ0v) is 20.9. The fraction of sp³-hybridized carbons (Fsp3) is 0.222. The van der Waals surface area contributed by atoms with Crippen LogP contribution in [0.25, 0.3) is 0 Å². The first-order valence-corrected chi connectivity index (χ1v) is 14.1. The second kappa shape index (κ2) is 13.4. The molecule has 0 aliphatic rings. The van der Waals surface area contributed by atoms with Gasteiger partial charge in [0.05, 0.1) is 0 Å². The Labute approximate surface area is 209 Å². The van der Waals surface area contributed by atoms with Crippen LogP contribution in [-0.2, 0) is 19.3 Å². The van der Waals surface area contributed by atoms with Gasteiger partial charge < -0.3 is 0 Å². The SMILES string of the molecule is c1ccc(CCSc2nc(SCCc3ccccc3)nc(SCCc3ccccc3)n2)cc1. The minimum Gasteiger partial charge on any atom is -0.196 e. The maximum absolute atomic E-state index is 4.75. The molecule has 0 atom stereocenters. The number of rotatable bonds is 12. The zero-order valence-electron chi connectivity index (χ0n) is 18.5. The average molecular weight is 490 g/mol. The van der Waals surface area contributed by atoms with E-state index in [0.29, 0.717) is 0 Å². The van der Waals surface area contributed by atoms with Crippen LogP contribution in [0, 0.1) is 0 Å². The Kier molecular flexibility index (Phi) is 9.71. The summed E-state index contributed by atoms with van der Waals surface area (Å²) in [7, 11) is 0. The molecule has 0 N–H and O–H groups in total. The van der Waals surface area contributed by atoms with Crippen molar-refractivity contribution in [3.05, 3.63) is 108 Å². The van der Waals surface area contributed by atoms with Gasteiger partial charge in [-0.3, -0.25) is 0 Å². The van der Waals surface area contributed by atoms with E-state index in [1.807, 2.05) is 0 Å². The third kappa shape index (κ3) is 8.54.